The van der Waals surface area contributed by atoms with Gasteiger partial charge in [-0.15, -0.1) is 0 Å². The molecule has 98 valence electrons. The summed E-state index contributed by atoms with van der Waals surface area (Å²) in [6.45, 7) is 3.48. The molecule has 0 atom stereocenters. The summed E-state index contributed by atoms with van der Waals surface area (Å²) < 4.78 is 4.81. The van der Waals surface area contributed by atoms with E-state index in [1.54, 1.807) is 11.8 Å². The Bertz CT molecular complexity index is 439. The Hall–Kier alpha value is -1.78. The molecule has 18 heavy (non-hydrogen) atoms. The highest BCUT2D eigenvalue weighted by Crippen LogP contribution is 2.18. The first kappa shape index (κ1) is 12.7. The van der Waals surface area contributed by atoms with Crippen LogP contribution in [0.4, 0.5) is 0 Å². The molecule has 0 aromatic carbocycles. The number of nitrogens with zero attached hydrogens (tertiary/aromatic N) is 1. The van der Waals surface area contributed by atoms with E-state index in [1.165, 1.54) is 11.3 Å². The largest absolute Gasteiger partial charge is 0.466 e. The number of nitrogens with one attached hydrogen (secondary N) is 1. The fourth-order valence-corrected chi connectivity index (χ4v) is 2.16. The van der Waals surface area contributed by atoms with Gasteiger partial charge < -0.3 is 14.6 Å². The predicted octanol–water partition coefficient (Wildman–Crippen LogP) is 1.24. The molecule has 1 aliphatic rings. The van der Waals surface area contributed by atoms with E-state index in [2.05, 4.69) is 4.98 Å². The van der Waals surface area contributed by atoms with Gasteiger partial charge in [-0.05, 0) is 18.6 Å². The van der Waals surface area contributed by atoms with Gasteiger partial charge in [0.05, 0.1) is 13.0 Å². The zero-order valence-corrected chi connectivity index (χ0v) is 10.6. The SMILES string of the molecule is CCOC(=O)CCC(=O)N1CCc2[nH]ccc2C1. The summed E-state index contributed by atoms with van der Waals surface area (Å²) >= 11 is 0. The van der Waals surface area contributed by atoms with Crippen molar-refractivity contribution in [3.05, 3.63) is 23.5 Å². The molecule has 0 bridgehead atoms. The standard InChI is InChI=1S/C13H18N2O3/c1-2-18-13(17)4-3-12(16)15-8-6-11-10(9-15)5-7-14-11/h5,7,14H,2-4,6,8-9H2,1H3. The molecule has 1 aromatic rings. The smallest absolute Gasteiger partial charge is 0.306 e. The van der Waals surface area contributed by atoms with Crippen LogP contribution in [0.15, 0.2) is 12.3 Å². The summed E-state index contributed by atoms with van der Waals surface area (Å²) in [6, 6.07) is 2.00. The van der Waals surface area contributed by atoms with Gasteiger partial charge in [0.15, 0.2) is 0 Å². The minimum atomic E-state index is -0.301. The number of ether oxygens (including phenoxy) is 1. The molecule has 0 aliphatic carbocycles. The van der Waals surface area contributed by atoms with Crippen molar-refractivity contribution in [2.45, 2.75) is 32.7 Å². The Labute approximate surface area is 106 Å². The lowest BCUT2D eigenvalue weighted by Gasteiger charge is -2.27. The number of fused-ring (bicyclic) bond motifs is 1. The van der Waals surface area contributed by atoms with E-state index in [0.717, 1.165) is 13.0 Å². The Balaban J connectivity index is 1.82. The molecule has 0 saturated carbocycles. The first-order chi connectivity index (χ1) is 8.70. The van der Waals surface area contributed by atoms with Crippen LogP contribution < -0.4 is 0 Å². The maximum atomic E-state index is 11.9. The zero-order chi connectivity index (χ0) is 13.0. The second kappa shape index (κ2) is 5.71. The Morgan fingerprint density at radius 1 is 1.44 bits per heavy atom. The molecule has 0 fully saturated rings. The molecule has 0 radical (unpaired) electrons. The van der Waals surface area contributed by atoms with Crippen molar-refractivity contribution in [2.24, 2.45) is 0 Å². The van der Waals surface area contributed by atoms with Crippen LogP contribution in [0, 0.1) is 0 Å². The number of carbonyl (C=O) groups is 2. The highest BCUT2D eigenvalue weighted by Gasteiger charge is 2.21. The topological polar surface area (TPSA) is 62.4 Å². The van der Waals surface area contributed by atoms with Crippen molar-refractivity contribution >= 4 is 11.9 Å². The Morgan fingerprint density at radius 2 is 2.28 bits per heavy atom. The first-order valence-corrected chi connectivity index (χ1v) is 6.29. The molecule has 1 aliphatic heterocycles. The normalized spacial score (nSPS) is 14.2. The minimum Gasteiger partial charge on any atom is -0.466 e. The third-order valence-electron chi connectivity index (χ3n) is 3.12. The van der Waals surface area contributed by atoms with Crippen molar-refractivity contribution in [3.8, 4) is 0 Å². The number of carbonyl (C=O) groups excluding carboxylic acids is 2. The van der Waals surface area contributed by atoms with Gasteiger partial charge >= 0.3 is 5.97 Å². The van der Waals surface area contributed by atoms with Crippen LogP contribution in [0.2, 0.25) is 0 Å². The van der Waals surface area contributed by atoms with Crippen LogP contribution in [-0.2, 0) is 27.3 Å². The summed E-state index contributed by atoms with van der Waals surface area (Å²) in [5.41, 5.74) is 2.38. The number of esters is 1. The van der Waals surface area contributed by atoms with Gasteiger partial charge in [-0.3, -0.25) is 9.59 Å². The maximum absolute atomic E-state index is 11.9. The van der Waals surface area contributed by atoms with Crippen LogP contribution in [0.25, 0.3) is 0 Å². The molecule has 5 heteroatoms. The van der Waals surface area contributed by atoms with E-state index in [0.29, 0.717) is 13.2 Å². The van der Waals surface area contributed by atoms with E-state index in [9.17, 15) is 9.59 Å². The molecule has 5 nitrogen and oxygen atoms in total. The molecule has 2 heterocycles. The Morgan fingerprint density at radius 3 is 3.06 bits per heavy atom. The number of rotatable bonds is 4. The molecule has 0 spiro atoms. The van der Waals surface area contributed by atoms with Gasteiger partial charge in [-0.1, -0.05) is 0 Å². The molecular formula is C13H18N2O3. The second-order valence-corrected chi connectivity index (χ2v) is 4.35. The van der Waals surface area contributed by atoms with E-state index >= 15 is 0 Å². The third-order valence-corrected chi connectivity index (χ3v) is 3.12. The summed E-state index contributed by atoms with van der Waals surface area (Å²) in [4.78, 5) is 28.1. The van der Waals surface area contributed by atoms with Crippen LogP contribution in [0.5, 0.6) is 0 Å². The summed E-state index contributed by atoms with van der Waals surface area (Å²) in [7, 11) is 0. The minimum absolute atomic E-state index is 0.0231. The lowest BCUT2D eigenvalue weighted by atomic mass is 10.1. The molecule has 2 rings (SSSR count). The second-order valence-electron chi connectivity index (χ2n) is 4.35. The van der Waals surface area contributed by atoms with Crippen LogP contribution in [0.3, 0.4) is 0 Å². The van der Waals surface area contributed by atoms with Gasteiger partial charge in [0.25, 0.3) is 0 Å². The van der Waals surface area contributed by atoms with Gasteiger partial charge in [-0.25, -0.2) is 0 Å². The van der Waals surface area contributed by atoms with Crippen LogP contribution in [-0.4, -0.2) is 34.9 Å². The number of aromatic amines is 1. The quantitative estimate of drug-likeness (QED) is 0.818. The zero-order valence-electron chi connectivity index (χ0n) is 10.6. The van der Waals surface area contributed by atoms with Crippen molar-refractivity contribution in [1.29, 1.82) is 0 Å². The predicted molar refractivity (Wildman–Crippen MR) is 65.8 cm³/mol. The monoisotopic (exact) mass is 250 g/mol. The average Bonchev–Trinajstić information content (AvgIpc) is 2.83. The van der Waals surface area contributed by atoms with E-state index < -0.39 is 0 Å². The van der Waals surface area contributed by atoms with Crippen LogP contribution >= 0.6 is 0 Å². The first-order valence-electron chi connectivity index (χ1n) is 6.29. The third kappa shape index (κ3) is 2.91. The van der Waals surface area contributed by atoms with Gasteiger partial charge in [-0.2, -0.15) is 0 Å². The molecule has 0 saturated heterocycles. The fourth-order valence-electron chi connectivity index (χ4n) is 2.16. The number of H-pyrrole nitrogens is 1. The van der Waals surface area contributed by atoms with Crippen molar-refractivity contribution in [3.63, 3.8) is 0 Å². The van der Waals surface area contributed by atoms with Crippen molar-refractivity contribution in [1.82, 2.24) is 9.88 Å². The fraction of sp³-hybridized carbons (Fsp3) is 0.538. The number of hydrogen-bond acceptors (Lipinski definition) is 3. The van der Waals surface area contributed by atoms with E-state index in [4.69, 9.17) is 4.74 Å². The lowest BCUT2D eigenvalue weighted by Crippen LogP contribution is -2.35. The van der Waals surface area contributed by atoms with Crippen molar-refractivity contribution < 1.29 is 14.3 Å². The average molecular weight is 250 g/mol. The van der Waals surface area contributed by atoms with Gasteiger partial charge in [0.1, 0.15) is 0 Å². The number of amides is 1. The molecule has 0 unspecified atom stereocenters. The highest BCUT2D eigenvalue weighted by molar-refractivity contribution is 5.81. The highest BCUT2D eigenvalue weighted by atomic mass is 16.5. The van der Waals surface area contributed by atoms with Crippen molar-refractivity contribution in [2.75, 3.05) is 13.2 Å². The Kier molecular flexibility index (Phi) is 4.02. The lowest BCUT2D eigenvalue weighted by molar-refractivity contribution is -0.145. The molecule has 1 amide bonds. The van der Waals surface area contributed by atoms with Gasteiger partial charge in [0, 0.05) is 37.8 Å². The summed E-state index contributed by atoms with van der Waals surface area (Å²) in [5.74, 6) is -0.278. The molecular weight excluding hydrogens is 232 g/mol. The van der Waals surface area contributed by atoms with E-state index in [-0.39, 0.29) is 24.7 Å². The van der Waals surface area contributed by atoms with Gasteiger partial charge in [0.2, 0.25) is 5.91 Å². The molecule has 1 aromatic heterocycles. The summed E-state index contributed by atoms with van der Waals surface area (Å²) in [6.07, 6.45) is 3.16. The number of hydrogen-bond donors (Lipinski definition) is 1. The van der Waals surface area contributed by atoms with E-state index in [1.807, 2.05) is 12.3 Å². The maximum Gasteiger partial charge on any atom is 0.306 e. The van der Waals surface area contributed by atoms with Crippen LogP contribution in [0.1, 0.15) is 31.0 Å². The summed E-state index contributed by atoms with van der Waals surface area (Å²) in [5, 5.41) is 0. The number of aromatic nitrogens is 1. The molecule has 1 N–H and O–H groups in total.